The van der Waals surface area contributed by atoms with Crippen molar-refractivity contribution in [3.05, 3.63) is 84.3 Å². The van der Waals surface area contributed by atoms with Crippen LogP contribution < -0.4 is 10.1 Å². The van der Waals surface area contributed by atoms with Gasteiger partial charge in [-0.15, -0.1) is 0 Å². The van der Waals surface area contributed by atoms with Gasteiger partial charge in [-0.2, -0.15) is 0 Å². The van der Waals surface area contributed by atoms with Gasteiger partial charge in [0.25, 0.3) is 0 Å². The molecule has 2 aromatic carbocycles. The van der Waals surface area contributed by atoms with Crippen LogP contribution in [-0.2, 0) is 13.1 Å². The Labute approximate surface area is 189 Å². The molecular formula is C26H31N3O3. The lowest BCUT2D eigenvalue weighted by atomic mass is 10.0. The molecule has 6 nitrogen and oxygen atoms in total. The van der Waals surface area contributed by atoms with Gasteiger partial charge in [0.2, 0.25) is 0 Å². The molecule has 168 valence electrons. The number of benzene rings is 2. The highest BCUT2D eigenvalue weighted by Crippen LogP contribution is 2.23. The summed E-state index contributed by atoms with van der Waals surface area (Å²) in [7, 11) is 0. The molecule has 1 aromatic heterocycles. The fourth-order valence-corrected chi connectivity index (χ4v) is 4.16. The maximum Gasteiger partial charge on any atom is 0.322 e. The Hall–Kier alpha value is -3.25. The van der Waals surface area contributed by atoms with Crippen molar-refractivity contribution in [1.29, 1.82) is 0 Å². The SMILES string of the molecule is CCOc1ccc(NC(=O)N(Cc2ccco2)C2CCN(Cc3ccccc3)CC2)cc1. The molecule has 4 rings (SSSR count). The highest BCUT2D eigenvalue weighted by atomic mass is 16.5. The van der Waals surface area contributed by atoms with E-state index in [2.05, 4.69) is 34.5 Å². The number of ether oxygens (including phenoxy) is 1. The van der Waals surface area contributed by atoms with Crippen LogP contribution in [0.5, 0.6) is 5.75 Å². The van der Waals surface area contributed by atoms with E-state index in [1.807, 2.05) is 54.3 Å². The Morgan fingerprint density at radius 3 is 2.47 bits per heavy atom. The summed E-state index contributed by atoms with van der Waals surface area (Å²) in [6, 6.07) is 21.9. The summed E-state index contributed by atoms with van der Waals surface area (Å²) in [6.45, 7) is 5.90. The lowest BCUT2D eigenvalue weighted by molar-refractivity contribution is 0.115. The first-order chi connectivity index (χ1) is 15.7. The topological polar surface area (TPSA) is 58.0 Å². The van der Waals surface area contributed by atoms with Gasteiger partial charge in [-0.1, -0.05) is 30.3 Å². The van der Waals surface area contributed by atoms with E-state index in [-0.39, 0.29) is 12.1 Å². The summed E-state index contributed by atoms with van der Waals surface area (Å²) in [4.78, 5) is 17.6. The summed E-state index contributed by atoms with van der Waals surface area (Å²) in [5.74, 6) is 1.59. The van der Waals surface area contributed by atoms with Crippen molar-refractivity contribution < 1.29 is 13.9 Å². The van der Waals surface area contributed by atoms with Crippen LogP contribution in [0.3, 0.4) is 0 Å². The number of hydrogen-bond acceptors (Lipinski definition) is 4. The van der Waals surface area contributed by atoms with E-state index in [0.29, 0.717) is 13.2 Å². The Balaban J connectivity index is 1.39. The fourth-order valence-electron chi connectivity index (χ4n) is 4.16. The van der Waals surface area contributed by atoms with Crippen LogP contribution in [0.1, 0.15) is 31.1 Å². The third-order valence-corrected chi connectivity index (χ3v) is 5.83. The molecule has 32 heavy (non-hydrogen) atoms. The molecule has 0 unspecified atom stereocenters. The Morgan fingerprint density at radius 1 is 1.06 bits per heavy atom. The third kappa shape index (κ3) is 5.92. The summed E-state index contributed by atoms with van der Waals surface area (Å²) in [6.07, 6.45) is 3.52. The van der Waals surface area contributed by atoms with Gasteiger partial charge in [0.15, 0.2) is 0 Å². The van der Waals surface area contributed by atoms with Crippen molar-refractivity contribution in [2.45, 2.75) is 38.9 Å². The fraction of sp³-hybridized carbons (Fsp3) is 0.346. The third-order valence-electron chi connectivity index (χ3n) is 5.83. The van der Waals surface area contributed by atoms with Gasteiger partial charge in [0, 0.05) is 31.4 Å². The maximum absolute atomic E-state index is 13.2. The number of rotatable bonds is 8. The monoisotopic (exact) mass is 433 g/mol. The van der Waals surface area contributed by atoms with Crippen molar-refractivity contribution in [2.24, 2.45) is 0 Å². The van der Waals surface area contributed by atoms with Gasteiger partial charge in [-0.05, 0) is 61.7 Å². The minimum atomic E-state index is -0.105. The largest absolute Gasteiger partial charge is 0.494 e. The first kappa shape index (κ1) is 22.0. The van der Waals surface area contributed by atoms with E-state index in [1.165, 1.54) is 5.56 Å². The molecule has 1 aliphatic rings. The average molecular weight is 434 g/mol. The number of nitrogens with zero attached hydrogens (tertiary/aromatic N) is 2. The number of hydrogen-bond donors (Lipinski definition) is 1. The second-order valence-corrected chi connectivity index (χ2v) is 8.09. The molecule has 0 bridgehead atoms. The number of carbonyl (C=O) groups excluding carboxylic acids is 1. The minimum absolute atomic E-state index is 0.105. The number of likely N-dealkylation sites (tertiary alicyclic amines) is 1. The molecule has 1 saturated heterocycles. The van der Waals surface area contributed by atoms with E-state index in [1.54, 1.807) is 6.26 Å². The Morgan fingerprint density at radius 2 is 1.81 bits per heavy atom. The zero-order valence-electron chi connectivity index (χ0n) is 18.6. The van der Waals surface area contributed by atoms with Gasteiger partial charge in [0.05, 0.1) is 19.4 Å². The minimum Gasteiger partial charge on any atom is -0.494 e. The van der Waals surface area contributed by atoms with Gasteiger partial charge >= 0.3 is 6.03 Å². The summed E-state index contributed by atoms with van der Waals surface area (Å²) in [5, 5.41) is 3.05. The molecule has 0 atom stereocenters. The molecule has 0 aliphatic carbocycles. The lowest BCUT2D eigenvalue weighted by Gasteiger charge is -2.38. The van der Waals surface area contributed by atoms with E-state index < -0.39 is 0 Å². The maximum atomic E-state index is 13.2. The van der Waals surface area contributed by atoms with E-state index in [4.69, 9.17) is 9.15 Å². The molecule has 0 saturated carbocycles. The van der Waals surface area contributed by atoms with Crippen LogP contribution in [0.15, 0.2) is 77.4 Å². The van der Waals surface area contributed by atoms with Gasteiger partial charge < -0.3 is 19.4 Å². The summed E-state index contributed by atoms with van der Waals surface area (Å²) >= 11 is 0. The van der Waals surface area contributed by atoms with Crippen LogP contribution in [-0.4, -0.2) is 41.6 Å². The van der Waals surface area contributed by atoms with Gasteiger partial charge in [-0.3, -0.25) is 4.90 Å². The molecule has 3 aromatic rings. The van der Waals surface area contributed by atoms with Crippen molar-refractivity contribution in [2.75, 3.05) is 25.0 Å². The lowest BCUT2D eigenvalue weighted by Crippen LogP contribution is -2.48. The number of amides is 2. The molecule has 2 heterocycles. The van der Waals surface area contributed by atoms with E-state index in [0.717, 1.165) is 49.7 Å². The summed E-state index contributed by atoms with van der Waals surface area (Å²) in [5.41, 5.74) is 2.08. The van der Waals surface area contributed by atoms with Gasteiger partial charge in [-0.25, -0.2) is 4.79 Å². The molecule has 1 aliphatic heterocycles. The number of carbonyl (C=O) groups is 1. The zero-order chi connectivity index (χ0) is 22.2. The second-order valence-electron chi connectivity index (χ2n) is 8.09. The molecule has 1 N–H and O–H groups in total. The number of urea groups is 1. The van der Waals surface area contributed by atoms with Crippen LogP contribution in [0, 0.1) is 0 Å². The number of furan rings is 1. The number of nitrogens with one attached hydrogen (secondary N) is 1. The zero-order valence-corrected chi connectivity index (χ0v) is 18.6. The van der Waals surface area contributed by atoms with Crippen LogP contribution in [0.4, 0.5) is 10.5 Å². The molecule has 1 fully saturated rings. The van der Waals surface area contributed by atoms with E-state index >= 15 is 0 Å². The average Bonchev–Trinajstić information content (AvgIpc) is 3.34. The van der Waals surface area contributed by atoms with Crippen molar-refractivity contribution in [3.8, 4) is 5.75 Å². The first-order valence-corrected chi connectivity index (χ1v) is 11.3. The van der Waals surface area contributed by atoms with Crippen LogP contribution >= 0.6 is 0 Å². The van der Waals surface area contributed by atoms with Crippen molar-refractivity contribution in [1.82, 2.24) is 9.80 Å². The molecule has 0 radical (unpaired) electrons. The van der Waals surface area contributed by atoms with Crippen LogP contribution in [0.25, 0.3) is 0 Å². The standard InChI is InChI=1S/C26H31N3O3/c1-2-31-24-12-10-22(11-13-24)27-26(30)29(20-25-9-6-18-32-25)23-14-16-28(17-15-23)19-21-7-4-3-5-8-21/h3-13,18,23H,2,14-17,19-20H2,1H3,(H,27,30). The van der Waals surface area contributed by atoms with Crippen molar-refractivity contribution >= 4 is 11.7 Å². The number of anilines is 1. The molecular weight excluding hydrogens is 402 g/mol. The normalized spacial score (nSPS) is 14.8. The van der Waals surface area contributed by atoms with Crippen LogP contribution in [0.2, 0.25) is 0 Å². The Bertz CT molecular complexity index is 950. The molecule has 0 spiro atoms. The van der Waals surface area contributed by atoms with E-state index in [9.17, 15) is 4.79 Å². The predicted molar refractivity (Wildman–Crippen MR) is 126 cm³/mol. The Kier molecular flexibility index (Phi) is 7.46. The molecule has 2 amide bonds. The molecule has 6 heteroatoms. The predicted octanol–water partition coefficient (Wildman–Crippen LogP) is 5.38. The van der Waals surface area contributed by atoms with Gasteiger partial charge in [0.1, 0.15) is 11.5 Å². The summed E-state index contributed by atoms with van der Waals surface area (Å²) < 4.78 is 11.0. The van der Waals surface area contributed by atoms with Crippen molar-refractivity contribution in [3.63, 3.8) is 0 Å². The second kappa shape index (κ2) is 10.9. The highest BCUT2D eigenvalue weighted by molar-refractivity contribution is 5.89. The first-order valence-electron chi connectivity index (χ1n) is 11.3. The highest BCUT2D eigenvalue weighted by Gasteiger charge is 2.29. The number of piperidine rings is 1. The smallest absolute Gasteiger partial charge is 0.322 e. The quantitative estimate of drug-likeness (QED) is 0.518.